The summed E-state index contributed by atoms with van der Waals surface area (Å²) < 4.78 is 16.2. The Balaban J connectivity index is 1.66. The second kappa shape index (κ2) is 6.03. The molecule has 0 spiro atoms. The molecule has 16 heavy (non-hydrogen) atoms. The Kier molecular flexibility index (Phi) is 4.39. The van der Waals surface area contributed by atoms with E-state index in [-0.39, 0.29) is 0 Å². The first-order valence-electron chi connectivity index (χ1n) is 5.80. The lowest BCUT2D eigenvalue weighted by Gasteiger charge is -2.21. The third-order valence-corrected chi connectivity index (χ3v) is 2.88. The zero-order valence-corrected chi connectivity index (χ0v) is 9.48. The van der Waals surface area contributed by atoms with Crippen molar-refractivity contribution in [3.8, 4) is 0 Å². The predicted octanol–water partition coefficient (Wildman–Crippen LogP) is 1.68. The minimum Gasteiger partial charge on any atom is -0.467 e. The minimum atomic E-state index is 0.517. The summed E-state index contributed by atoms with van der Waals surface area (Å²) in [4.78, 5) is 0. The van der Waals surface area contributed by atoms with Gasteiger partial charge in [-0.15, -0.1) is 0 Å². The van der Waals surface area contributed by atoms with E-state index in [1.807, 2.05) is 6.07 Å². The number of hydrogen-bond acceptors (Lipinski definition) is 4. The van der Waals surface area contributed by atoms with Crippen LogP contribution >= 0.6 is 0 Å². The number of ether oxygens (including phenoxy) is 2. The van der Waals surface area contributed by atoms with Gasteiger partial charge in [0.15, 0.2) is 0 Å². The Morgan fingerprint density at radius 1 is 1.38 bits per heavy atom. The Bertz CT molecular complexity index is 305. The summed E-state index contributed by atoms with van der Waals surface area (Å²) >= 11 is 0. The fraction of sp³-hybridized carbons (Fsp3) is 0.667. The van der Waals surface area contributed by atoms with Crippen LogP contribution in [-0.2, 0) is 22.6 Å². The van der Waals surface area contributed by atoms with Crippen LogP contribution in [0.4, 0.5) is 0 Å². The number of rotatable bonds is 5. The van der Waals surface area contributed by atoms with E-state index in [1.54, 1.807) is 6.26 Å². The van der Waals surface area contributed by atoms with E-state index >= 15 is 0 Å². The van der Waals surface area contributed by atoms with Crippen LogP contribution < -0.4 is 5.73 Å². The van der Waals surface area contributed by atoms with Crippen LogP contribution in [0.15, 0.2) is 16.7 Å². The van der Waals surface area contributed by atoms with Crippen molar-refractivity contribution in [3.05, 3.63) is 23.7 Å². The maximum Gasteiger partial charge on any atom is 0.129 e. The summed E-state index contributed by atoms with van der Waals surface area (Å²) in [7, 11) is 0. The first-order valence-corrected chi connectivity index (χ1v) is 5.80. The fourth-order valence-electron chi connectivity index (χ4n) is 1.85. The van der Waals surface area contributed by atoms with Gasteiger partial charge in [0.05, 0.1) is 12.9 Å². The third kappa shape index (κ3) is 3.33. The molecule has 1 saturated heterocycles. The van der Waals surface area contributed by atoms with Crippen LogP contribution in [0.5, 0.6) is 0 Å². The van der Waals surface area contributed by atoms with E-state index < -0.39 is 0 Å². The molecule has 4 nitrogen and oxygen atoms in total. The number of furan rings is 1. The predicted molar refractivity (Wildman–Crippen MR) is 59.8 cm³/mol. The standard InChI is InChI=1S/C12H19NO3/c13-6-11-5-12(16-8-11)9-15-7-10-1-3-14-4-2-10/h5,8,10H,1-4,6-7,9,13H2. The van der Waals surface area contributed by atoms with Crippen LogP contribution in [0.25, 0.3) is 0 Å². The summed E-state index contributed by atoms with van der Waals surface area (Å²) in [6, 6.07) is 1.95. The van der Waals surface area contributed by atoms with E-state index in [1.165, 1.54) is 0 Å². The molecule has 1 aromatic heterocycles. The molecule has 1 aromatic rings. The molecule has 0 saturated carbocycles. The maximum absolute atomic E-state index is 5.63. The lowest BCUT2D eigenvalue weighted by molar-refractivity contribution is 0.0120. The van der Waals surface area contributed by atoms with Gasteiger partial charge < -0.3 is 19.6 Å². The molecule has 2 heterocycles. The highest BCUT2D eigenvalue weighted by molar-refractivity contribution is 5.11. The second-order valence-electron chi connectivity index (χ2n) is 4.20. The molecule has 2 N–H and O–H groups in total. The highest BCUT2D eigenvalue weighted by Gasteiger charge is 2.13. The van der Waals surface area contributed by atoms with E-state index in [2.05, 4.69) is 0 Å². The van der Waals surface area contributed by atoms with Crippen molar-refractivity contribution in [1.82, 2.24) is 0 Å². The van der Waals surface area contributed by atoms with E-state index in [4.69, 9.17) is 19.6 Å². The average molecular weight is 225 g/mol. The summed E-state index contributed by atoms with van der Waals surface area (Å²) in [6.07, 6.45) is 3.89. The van der Waals surface area contributed by atoms with Crippen LogP contribution in [0.1, 0.15) is 24.2 Å². The molecule has 0 atom stereocenters. The molecule has 1 fully saturated rings. The number of hydrogen-bond donors (Lipinski definition) is 1. The Morgan fingerprint density at radius 3 is 2.88 bits per heavy atom. The van der Waals surface area contributed by atoms with E-state index in [9.17, 15) is 0 Å². The van der Waals surface area contributed by atoms with Gasteiger partial charge in [0.25, 0.3) is 0 Å². The molecule has 1 aliphatic heterocycles. The van der Waals surface area contributed by atoms with Crippen molar-refractivity contribution in [3.63, 3.8) is 0 Å². The highest BCUT2D eigenvalue weighted by atomic mass is 16.5. The third-order valence-electron chi connectivity index (χ3n) is 2.88. The van der Waals surface area contributed by atoms with Gasteiger partial charge >= 0.3 is 0 Å². The van der Waals surface area contributed by atoms with Crippen molar-refractivity contribution < 1.29 is 13.9 Å². The fourth-order valence-corrected chi connectivity index (χ4v) is 1.85. The van der Waals surface area contributed by atoms with Gasteiger partial charge in [-0.3, -0.25) is 0 Å². The molecule has 0 aromatic carbocycles. The van der Waals surface area contributed by atoms with Crippen LogP contribution in [0.2, 0.25) is 0 Å². The molecular weight excluding hydrogens is 206 g/mol. The Hall–Kier alpha value is -0.840. The lowest BCUT2D eigenvalue weighted by atomic mass is 10.0. The van der Waals surface area contributed by atoms with Gasteiger partial charge in [-0.05, 0) is 24.8 Å². The van der Waals surface area contributed by atoms with Crippen molar-refractivity contribution in [2.45, 2.75) is 26.0 Å². The summed E-state index contributed by atoms with van der Waals surface area (Å²) in [6.45, 7) is 3.58. The molecule has 0 bridgehead atoms. The largest absolute Gasteiger partial charge is 0.467 e. The molecule has 2 rings (SSSR count). The molecule has 0 amide bonds. The van der Waals surface area contributed by atoms with Gasteiger partial charge in [0.1, 0.15) is 12.4 Å². The summed E-state index contributed by atoms with van der Waals surface area (Å²) in [5.74, 6) is 1.49. The normalized spacial score (nSPS) is 17.8. The topological polar surface area (TPSA) is 57.6 Å². The van der Waals surface area contributed by atoms with Crippen molar-refractivity contribution in [2.75, 3.05) is 19.8 Å². The van der Waals surface area contributed by atoms with Crippen molar-refractivity contribution in [2.24, 2.45) is 11.7 Å². The average Bonchev–Trinajstić information content (AvgIpc) is 2.78. The lowest BCUT2D eigenvalue weighted by Crippen LogP contribution is -2.20. The number of nitrogens with two attached hydrogens (primary N) is 1. The van der Waals surface area contributed by atoms with Gasteiger partial charge in [-0.2, -0.15) is 0 Å². The second-order valence-corrected chi connectivity index (χ2v) is 4.20. The monoisotopic (exact) mass is 225 g/mol. The Morgan fingerprint density at radius 2 is 2.19 bits per heavy atom. The van der Waals surface area contributed by atoms with Crippen molar-refractivity contribution in [1.29, 1.82) is 0 Å². The smallest absolute Gasteiger partial charge is 0.129 e. The Labute approximate surface area is 95.7 Å². The quantitative estimate of drug-likeness (QED) is 0.828. The van der Waals surface area contributed by atoms with Gasteiger partial charge in [0, 0.05) is 25.3 Å². The van der Waals surface area contributed by atoms with Crippen LogP contribution in [-0.4, -0.2) is 19.8 Å². The molecule has 4 heteroatoms. The van der Waals surface area contributed by atoms with Crippen LogP contribution in [0.3, 0.4) is 0 Å². The molecule has 1 aliphatic rings. The van der Waals surface area contributed by atoms with Crippen molar-refractivity contribution >= 4 is 0 Å². The van der Waals surface area contributed by atoms with Crippen LogP contribution in [0, 0.1) is 5.92 Å². The van der Waals surface area contributed by atoms with Gasteiger partial charge in [-0.25, -0.2) is 0 Å². The molecular formula is C12H19NO3. The summed E-state index contributed by atoms with van der Waals surface area (Å²) in [5.41, 5.74) is 6.51. The summed E-state index contributed by atoms with van der Waals surface area (Å²) in [5, 5.41) is 0. The zero-order chi connectivity index (χ0) is 11.2. The molecule has 0 unspecified atom stereocenters. The van der Waals surface area contributed by atoms with E-state index in [0.29, 0.717) is 19.1 Å². The maximum atomic E-state index is 5.63. The molecule has 0 radical (unpaired) electrons. The first kappa shape index (κ1) is 11.6. The van der Waals surface area contributed by atoms with E-state index in [0.717, 1.165) is 44.0 Å². The SMILES string of the molecule is NCc1coc(COCC2CCOCC2)c1. The van der Waals surface area contributed by atoms with Gasteiger partial charge in [-0.1, -0.05) is 0 Å². The first-order chi connectivity index (χ1) is 7.88. The highest BCUT2D eigenvalue weighted by Crippen LogP contribution is 2.16. The van der Waals surface area contributed by atoms with Gasteiger partial charge in [0.2, 0.25) is 0 Å². The molecule has 90 valence electrons. The zero-order valence-electron chi connectivity index (χ0n) is 9.48. The molecule has 0 aliphatic carbocycles. The minimum absolute atomic E-state index is 0.517.